The molecule has 8 heteroatoms. The van der Waals surface area contributed by atoms with Gasteiger partial charge in [0.15, 0.2) is 0 Å². The van der Waals surface area contributed by atoms with E-state index in [2.05, 4.69) is 21.2 Å². The van der Waals surface area contributed by atoms with E-state index in [0.717, 1.165) is 22.9 Å². The van der Waals surface area contributed by atoms with Gasteiger partial charge in [-0.25, -0.2) is 8.42 Å². The molecule has 0 saturated carbocycles. The Labute approximate surface area is 162 Å². The van der Waals surface area contributed by atoms with E-state index in [1.807, 2.05) is 19.1 Å². The van der Waals surface area contributed by atoms with Gasteiger partial charge in [0, 0.05) is 36.0 Å². The molecule has 6 nitrogen and oxygen atoms in total. The number of rotatable bonds is 4. The monoisotopic (exact) mass is 439 g/mol. The zero-order valence-electron chi connectivity index (χ0n) is 15.0. The third-order valence-corrected chi connectivity index (χ3v) is 7.72. The quantitative estimate of drug-likeness (QED) is 0.792. The molecular formula is C18H22BrN3O3S. The summed E-state index contributed by atoms with van der Waals surface area (Å²) in [5, 5.41) is 2.84. The Kier molecular flexibility index (Phi) is 5.28. The van der Waals surface area contributed by atoms with Gasteiger partial charge in [-0.05, 0) is 56.5 Å². The number of hydrogen-bond acceptors (Lipinski definition) is 3. The molecule has 26 heavy (non-hydrogen) atoms. The molecule has 1 fully saturated rings. The zero-order valence-corrected chi connectivity index (χ0v) is 17.4. The molecule has 1 aromatic carbocycles. The molecule has 0 atom stereocenters. The highest BCUT2D eigenvalue weighted by Crippen LogP contribution is 2.27. The molecule has 0 bridgehead atoms. The van der Waals surface area contributed by atoms with Crippen LogP contribution in [0.25, 0.3) is 0 Å². The van der Waals surface area contributed by atoms with E-state index < -0.39 is 10.0 Å². The number of aromatic nitrogens is 1. The molecule has 0 radical (unpaired) electrons. The molecule has 2 aromatic rings. The van der Waals surface area contributed by atoms with Crippen LogP contribution >= 0.6 is 15.9 Å². The number of nitrogens with one attached hydrogen (secondary N) is 1. The highest BCUT2D eigenvalue weighted by molar-refractivity contribution is 9.10. The Morgan fingerprint density at radius 2 is 1.81 bits per heavy atom. The Hall–Kier alpha value is -1.64. The fraction of sp³-hybridized carbons (Fsp3) is 0.389. The molecule has 0 unspecified atom stereocenters. The molecule has 0 spiro atoms. The minimum absolute atomic E-state index is 0.207. The highest BCUT2D eigenvalue weighted by Gasteiger charge is 2.31. The van der Waals surface area contributed by atoms with Crippen LogP contribution < -0.4 is 5.32 Å². The van der Waals surface area contributed by atoms with Crippen LogP contribution in [0.4, 0.5) is 5.69 Å². The summed E-state index contributed by atoms with van der Waals surface area (Å²) in [6.07, 6.45) is 1.75. The lowest BCUT2D eigenvalue weighted by atomic mass is 10.2. The van der Waals surface area contributed by atoms with Gasteiger partial charge in [-0.3, -0.25) is 4.79 Å². The second-order valence-corrected chi connectivity index (χ2v) is 9.33. The zero-order chi connectivity index (χ0) is 19.1. The first kappa shape index (κ1) is 19.1. The molecule has 1 saturated heterocycles. The molecule has 1 aromatic heterocycles. The maximum absolute atomic E-state index is 12.9. The number of amides is 1. The number of sulfonamides is 1. The third kappa shape index (κ3) is 3.45. The second kappa shape index (κ2) is 7.17. The van der Waals surface area contributed by atoms with Crippen LogP contribution in [-0.4, -0.2) is 36.3 Å². The second-order valence-electron chi connectivity index (χ2n) is 6.57. The number of nitrogens with zero attached hydrogens (tertiary/aromatic N) is 2. The predicted molar refractivity (Wildman–Crippen MR) is 105 cm³/mol. The van der Waals surface area contributed by atoms with Crippen molar-refractivity contribution in [1.29, 1.82) is 0 Å². The summed E-state index contributed by atoms with van der Waals surface area (Å²) in [6.45, 7) is 4.74. The maximum Gasteiger partial charge on any atom is 0.272 e. The Bertz CT molecular complexity index is 960. The first-order chi connectivity index (χ1) is 12.2. The summed E-state index contributed by atoms with van der Waals surface area (Å²) in [6, 6.07) is 7.00. The first-order valence-corrected chi connectivity index (χ1v) is 10.7. The van der Waals surface area contributed by atoms with Crippen molar-refractivity contribution in [2.45, 2.75) is 31.6 Å². The fourth-order valence-electron chi connectivity index (χ4n) is 3.14. The summed E-state index contributed by atoms with van der Waals surface area (Å²) < 4.78 is 29.8. The molecule has 1 N–H and O–H groups in total. The Morgan fingerprint density at radius 3 is 2.42 bits per heavy atom. The van der Waals surface area contributed by atoms with Crippen LogP contribution in [0.1, 0.15) is 34.6 Å². The number of carbonyl (C=O) groups excluding carboxylic acids is 1. The van der Waals surface area contributed by atoms with Gasteiger partial charge in [-0.2, -0.15) is 4.31 Å². The van der Waals surface area contributed by atoms with Gasteiger partial charge in [-0.15, -0.1) is 0 Å². The fourth-order valence-corrected chi connectivity index (χ4v) is 5.17. The summed E-state index contributed by atoms with van der Waals surface area (Å²) in [4.78, 5) is 12.9. The topological polar surface area (TPSA) is 71.4 Å². The van der Waals surface area contributed by atoms with Gasteiger partial charge in [0.1, 0.15) is 10.6 Å². The lowest BCUT2D eigenvalue weighted by molar-refractivity contribution is 0.101. The van der Waals surface area contributed by atoms with Crippen molar-refractivity contribution in [3.63, 3.8) is 0 Å². The minimum Gasteiger partial charge on any atom is -0.343 e. The SMILES string of the molecule is Cc1cc(NC(=O)c2cc(S(=O)(=O)N3CCCC3)c(C)n2C)ccc1Br. The van der Waals surface area contributed by atoms with Crippen LogP contribution in [0.3, 0.4) is 0 Å². The maximum atomic E-state index is 12.9. The minimum atomic E-state index is -3.56. The van der Waals surface area contributed by atoms with Crippen LogP contribution in [0, 0.1) is 13.8 Å². The number of hydrogen-bond donors (Lipinski definition) is 1. The molecule has 0 aliphatic carbocycles. The van der Waals surface area contributed by atoms with Crippen molar-refractivity contribution < 1.29 is 13.2 Å². The van der Waals surface area contributed by atoms with Gasteiger partial charge in [-0.1, -0.05) is 15.9 Å². The van der Waals surface area contributed by atoms with E-state index in [1.165, 1.54) is 10.4 Å². The number of carbonyl (C=O) groups is 1. The molecule has 1 aliphatic rings. The van der Waals surface area contributed by atoms with E-state index in [9.17, 15) is 13.2 Å². The molecule has 140 valence electrons. The van der Waals surface area contributed by atoms with Crippen molar-refractivity contribution in [3.05, 3.63) is 45.7 Å². The summed E-state index contributed by atoms with van der Waals surface area (Å²) in [5.74, 6) is -0.333. The van der Waals surface area contributed by atoms with E-state index >= 15 is 0 Å². The first-order valence-electron chi connectivity index (χ1n) is 8.46. The van der Waals surface area contributed by atoms with Crippen molar-refractivity contribution >= 4 is 37.5 Å². The van der Waals surface area contributed by atoms with Gasteiger partial charge < -0.3 is 9.88 Å². The largest absolute Gasteiger partial charge is 0.343 e. The van der Waals surface area contributed by atoms with Crippen LogP contribution in [0.2, 0.25) is 0 Å². The number of aryl methyl sites for hydroxylation is 1. The lowest BCUT2D eigenvalue weighted by Gasteiger charge is -2.15. The van der Waals surface area contributed by atoms with Crippen molar-refractivity contribution in [2.75, 3.05) is 18.4 Å². The van der Waals surface area contributed by atoms with Gasteiger partial charge in [0.25, 0.3) is 5.91 Å². The molecular weight excluding hydrogens is 418 g/mol. The van der Waals surface area contributed by atoms with E-state index in [-0.39, 0.29) is 10.8 Å². The smallest absolute Gasteiger partial charge is 0.272 e. The van der Waals surface area contributed by atoms with E-state index in [0.29, 0.717) is 30.2 Å². The third-order valence-electron chi connectivity index (χ3n) is 4.82. The standard InChI is InChI=1S/C18H22BrN3O3S/c1-12-10-14(6-7-15(12)19)20-18(23)16-11-17(13(2)21(16)3)26(24,25)22-8-4-5-9-22/h6-7,10-11H,4-5,8-9H2,1-3H3,(H,20,23). The average Bonchev–Trinajstić information content (AvgIpc) is 3.21. The normalized spacial score (nSPS) is 15.4. The number of anilines is 1. The predicted octanol–water partition coefficient (Wildman–Crippen LogP) is 3.44. The number of halogens is 1. The molecule has 1 amide bonds. The summed E-state index contributed by atoms with van der Waals surface area (Å²) in [5.41, 5.74) is 2.55. The van der Waals surface area contributed by atoms with Crippen molar-refractivity contribution in [3.8, 4) is 0 Å². The summed E-state index contributed by atoms with van der Waals surface area (Å²) in [7, 11) is -1.86. The van der Waals surface area contributed by atoms with Gasteiger partial charge in [0.2, 0.25) is 10.0 Å². The molecule has 1 aliphatic heterocycles. The van der Waals surface area contributed by atoms with E-state index in [4.69, 9.17) is 0 Å². The van der Waals surface area contributed by atoms with Crippen molar-refractivity contribution in [1.82, 2.24) is 8.87 Å². The van der Waals surface area contributed by atoms with Gasteiger partial charge in [0.05, 0.1) is 0 Å². The number of benzene rings is 1. The average molecular weight is 440 g/mol. The van der Waals surface area contributed by atoms with Crippen LogP contribution in [0.5, 0.6) is 0 Å². The summed E-state index contributed by atoms with van der Waals surface area (Å²) >= 11 is 3.43. The highest BCUT2D eigenvalue weighted by atomic mass is 79.9. The lowest BCUT2D eigenvalue weighted by Crippen LogP contribution is -2.28. The van der Waals surface area contributed by atoms with Gasteiger partial charge >= 0.3 is 0 Å². The van der Waals surface area contributed by atoms with Crippen LogP contribution in [-0.2, 0) is 17.1 Å². The molecule has 3 rings (SSSR count). The van der Waals surface area contributed by atoms with Crippen molar-refractivity contribution in [2.24, 2.45) is 7.05 Å². The Morgan fingerprint density at radius 1 is 1.15 bits per heavy atom. The van der Waals surface area contributed by atoms with Crippen LogP contribution in [0.15, 0.2) is 33.6 Å². The molecule has 2 heterocycles. The van der Waals surface area contributed by atoms with E-state index in [1.54, 1.807) is 24.6 Å². The Balaban J connectivity index is 1.91.